The van der Waals surface area contributed by atoms with Gasteiger partial charge in [-0.3, -0.25) is 9.59 Å². The number of methoxy groups -OCH3 is 1. The molecule has 0 aliphatic heterocycles. The maximum atomic E-state index is 10.5. The molecule has 26 heavy (non-hydrogen) atoms. The molecule has 3 heteroatoms. The van der Waals surface area contributed by atoms with E-state index in [-0.39, 0.29) is 0 Å². The van der Waals surface area contributed by atoms with Gasteiger partial charge < -0.3 is 4.74 Å². The highest BCUT2D eigenvalue weighted by Gasteiger charge is 1.97. The summed E-state index contributed by atoms with van der Waals surface area (Å²) in [5.74, 6) is 0.830. The maximum absolute atomic E-state index is 10.5. The second kappa shape index (κ2) is 8.08. The normalized spacial score (nSPS) is 10.0. The van der Waals surface area contributed by atoms with Gasteiger partial charge in [-0.15, -0.1) is 0 Å². The molecule has 0 radical (unpaired) electrons. The third-order valence-corrected chi connectivity index (χ3v) is 4.12. The topological polar surface area (TPSA) is 43.4 Å². The zero-order valence-electron chi connectivity index (χ0n) is 14.4. The summed E-state index contributed by atoms with van der Waals surface area (Å²) < 4.78 is 5.11. The quantitative estimate of drug-likeness (QED) is 0.474. The predicted molar refractivity (Wildman–Crippen MR) is 105 cm³/mol. The molecule has 4 rings (SSSR count). The van der Waals surface area contributed by atoms with Crippen molar-refractivity contribution >= 4 is 34.1 Å². The van der Waals surface area contributed by atoms with Gasteiger partial charge >= 0.3 is 0 Å². The molecule has 128 valence electrons. The monoisotopic (exact) mass is 342 g/mol. The Balaban J connectivity index is 0.000000152. The Labute approximate surface area is 151 Å². The first-order chi connectivity index (χ1) is 12.7. The first-order valence-electron chi connectivity index (χ1n) is 8.20. The van der Waals surface area contributed by atoms with Crippen LogP contribution in [0.15, 0.2) is 78.9 Å². The number of hydrogen-bond acceptors (Lipinski definition) is 3. The van der Waals surface area contributed by atoms with E-state index in [1.54, 1.807) is 13.2 Å². The Kier molecular flexibility index (Phi) is 5.40. The molecule has 4 aromatic carbocycles. The number of aldehydes is 2. The van der Waals surface area contributed by atoms with Crippen molar-refractivity contribution in [3.05, 3.63) is 90.0 Å². The van der Waals surface area contributed by atoms with Crippen LogP contribution in [0, 0.1) is 0 Å². The summed E-state index contributed by atoms with van der Waals surface area (Å²) in [6.45, 7) is 0. The number of hydrogen-bond donors (Lipinski definition) is 0. The van der Waals surface area contributed by atoms with Gasteiger partial charge in [0.05, 0.1) is 7.11 Å². The van der Waals surface area contributed by atoms with E-state index in [0.29, 0.717) is 5.56 Å². The van der Waals surface area contributed by atoms with Crippen molar-refractivity contribution in [1.29, 1.82) is 0 Å². The second-order valence-electron chi connectivity index (χ2n) is 5.81. The molecule has 4 aromatic rings. The van der Waals surface area contributed by atoms with E-state index < -0.39 is 0 Å². The zero-order valence-corrected chi connectivity index (χ0v) is 14.4. The number of ether oxygens (including phenoxy) is 1. The lowest BCUT2D eigenvalue weighted by atomic mass is 10.1. The van der Waals surface area contributed by atoms with Crippen LogP contribution in [0.1, 0.15) is 20.7 Å². The fraction of sp³-hybridized carbons (Fsp3) is 0.0435. The van der Waals surface area contributed by atoms with Crippen LogP contribution < -0.4 is 4.74 Å². The minimum atomic E-state index is 0.697. The van der Waals surface area contributed by atoms with Crippen molar-refractivity contribution in [1.82, 2.24) is 0 Å². The minimum absolute atomic E-state index is 0.697. The lowest BCUT2D eigenvalue weighted by Crippen LogP contribution is -1.83. The number of benzene rings is 4. The Hall–Kier alpha value is -3.46. The van der Waals surface area contributed by atoms with Crippen LogP contribution in [-0.2, 0) is 0 Å². The minimum Gasteiger partial charge on any atom is -0.497 e. The van der Waals surface area contributed by atoms with Gasteiger partial charge in [-0.05, 0) is 45.8 Å². The molecule has 0 bridgehead atoms. The summed E-state index contributed by atoms with van der Waals surface area (Å²) in [4.78, 5) is 21.0. The Morgan fingerprint density at radius 3 is 1.73 bits per heavy atom. The standard InChI is InChI=1S/C12H10O2.C11H8O/c1-14-12-5-4-10-6-9(8-13)2-3-11(10)7-12;12-8-9-5-6-10-3-1-2-4-11(10)7-9/h2-8H,1H3;1-8H. The van der Waals surface area contributed by atoms with E-state index in [9.17, 15) is 9.59 Å². The van der Waals surface area contributed by atoms with Gasteiger partial charge in [0.15, 0.2) is 0 Å². The summed E-state index contributed by atoms with van der Waals surface area (Å²) in [6.07, 6.45) is 1.72. The largest absolute Gasteiger partial charge is 0.497 e. The molecule has 0 aliphatic carbocycles. The molecule has 0 aromatic heterocycles. The predicted octanol–water partition coefficient (Wildman–Crippen LogP) is 5.31. The highest BCUT2D eigenvalue weighted by atomic mass is 16.5. The van der Waals surface area contributed by atoms with Gasteiger partial charge in [0.25, 0.3) is 0 Å². The van der Waals surface area contributed by atoms with E-state index >= 15 is 0 Å². The van der Waals surface area contributed by atoms with Gasteiger partial charge in [0.2, 0.25) is 0 Å². The number of rotatable bonds is 3. The van der Waals surface area contributed by atoms with E-state index in [0.717, 1.165) is 40.0 Å². The van der Waals surface area contributed by atoms with E-state index in [2.05, 4.69) is 0 Å². The third-order valence-electron chi connectivity index (χ3n) is 4.12. The van der Waals surface area contributed by atoms with Gasteiger partial charge in [-0.1, -0.05) is 54.6 Å². The van der Waals surface area contributed by atoms with Gasteiger partial charge in [-0.2, -0.15) is 0 Å². The highest BCUT2D eigenvalue weighted by Crippen LogP contribution is 2.21. The smallest absolute Gasteiger partial charge is 0.150 e. The maximum Gasteiger partial charge on any atom is 0.150 e. The first kappa shape index (κ1) is 17.4. The molecule has 0 saturated heterocycles. The molecular weight excluding hydrogens is 324 g/mol. The summed E-state index contributed by atoms with van der Waals surface area (Å²) in [7, 11) is 1.64. The average molecular weight is 342 g/mol. The summed E-state index contributed by atoms with van der Waals surface area (Å²) in [5.41, 5.74) is 1.43. The van der Waals surface area contributed by atoms with Crippen LogP contribution >= 0.6 is 0 Å². The van der Waals surface area contributed by atoms with Crippen LogP contribution in [0.2, 0.25) is 0 Å². The van der Waals surface area contributed by atoms with Crippen molar-refractivity contribution in [2.75, 3.05) is 7.11 Å². The molecular formula is C23H18O3. The molecule has 0 heterocycles. The van der Waals surface area contributed by atoms with Crippen molar-refractivity contribution < 1.29 is 14.3 Å². The molecule has 0 saturated carbocycles. The Morgan fingerprint density at radius 1 is 0.615 bits per heavy atom. The fourth-order valence-electron chi connectivity index (χ4n) is 2.72. The van der Waals surface area contributed by atoms with Gasteiger partial charge in [0.1, 0.15) is 18.3 Å². The van der Waals surface area contributed by atoms with Crippen molar-refractivity contribution in [3.63, 3.8) is 0 Å². The lowest BCUT2D eigenvalue weighted by Gasteiger charge is -2.02. The summed E-state index contributed by atoms with van der Waals surface area (Å²) >= 11 is 0. The van der Waals surface area contributed by atoms with E-state index in [1.807, 2.05) is 72.8 Å². The van der Waals surface area contributed by atoms with Gasteiger partial charge in [0, 0.05) is 11.1 Å². The summed E-state index contributed by atoms with van der Waals surface area (Å²) in [6, 6.07) is 25.0. The Morgan fingerprint density at radius 2 is 1.12 bits per heavy atom. The van der Waals surface area contributed by atoms with Crippen molar-refractivity contribution in [3.8, 4) is 5.75 Å². The first-order valence-corrected chi connectivity index (χ1v) is 8.20. The molecule has 0 aliphatic rings. The third kappa shape index (κ3) is 3.95. The molecule has 0 N–H and O–H groups in total. The zero-order chi connectivity index (χ0) is 18.4. The molecule has 0 spiro atoms. The average Bonchev–Trinajstić information content (AvgIpc) is 2.73. The number of carbonyl (C=O) groups excluding carboxylic acids is 2. The van der Waals surface area contributed by atoms with Crippen molar-refractivity contribution in [2.45, 2.75) is 0 Å². The molecule has 0 atom stereocenters. The molecule has 0 amide bonds. The van der Waals surface area contributed by atoms with Crippen molar-refractivity contribution in [2.24, 2.45) is 0 Å². The van der Waals surface area contributed by atoms with Gasteiger partial charge in [-0.25, -0.2) is 0 Å². The number of fused-ring (bicyclic) bond motifs is 2. The SMILES string of the molecule is COc1ccc2cc(C=O)ccc2c1.O=Cc1ccc2ccccc2c1. The lowest BCUT2D eigenvalue weighted by molar-refractivity contribution is 0.111. The van der Waals surface area contributed by atoms with E-state index in [1.165, 1.54) is 5.39 Å². The van der Waals surface area contributed by atoms with Crippen LogP contribution in [0.3, 0.4) is 0 Å². The molecule has 3 nitrogen and oxygen atoms in total. The van der Waals surface area contributed by atoms with Crippen LogP contribution in [0.25, 0.3) is 21.5 Å². The van der Waals surface area contributed by atoms with Crippen LogP contribution in [0.4, 0.5) is 0 Å². The van der Waals surface area contributed by atoms with Crippen LogP contribution in [-0.4, -0.2) is 19.7 Å². The number of carbonyl (C=O) groups is 2. The second-order valence-corrected chi connectivity index (χ2v) is 5.81. The van der Waals surface area contributed by atoms with Crippen LogP contribution in [0.5, 0.6) is 5.75 Å². The molecule has 0 unspecified atom stereocenters. The molecule has 0 fully saturated rings. The highest BCUT2D eigenvalue weighted by molar-refractivity contribution is 5.90. The Bertz CT molecular complexity index is 1070. The fourth-order valence-corrected chi connectivity index (χ4v) is 2.72. The summed E-state index contributed by atoms with van der Waals surface area (Å²) in [5, 5.41) is 4.41. The van der Waals surface area contributed by atoms with E-state index in [4.69, 9.17) is 4.74 Å².